The molecule has 0 N–H and O–H groups in total. The number of rotatable bonds is 5. The number of pyridine rings is 1. The zero-order valence-corrected chi connectivity index (χ0v) is 19.1. The molecule has 0 atom stereocenters. The summed E-state index contributed by atoms with van der Waals surface area (Å²) in [6.07, 6.45) is 9.08. The average Bonchev–Trinajstić information content (AvgIpc) is 3.30. The molecule has 1 saturated heterocycles. The molecule has 5 rings (SSSR count). The lowest BCUT2D eigenvalue weighted by molar-refractivity contribution is 0.171. The van der Waals surface area contributed by atoms with Gasteiger partial charge in [-0.25, -0.2) is 9.97 Å². The van der Waals surface area contributed by atoms with E-state index in [2.05, 4.69) is 21.9 Å². The summed E-state index contributed by atoms with van der Waals surface area (Å²) >= 11 is 12.4. The zero-order chi connectivity index (χ0) is 22.1. The van der Waals surface area contributed by atoms with Crippen LogP contribution in [-0.2, 0) is 6.54 Å². The molecule has 0 bridgehead atoms. The first kappa shape index (κ1) is 21.0. The Morgan fingerprint density at radius 1 is 1.06 bits per heavy atom. The molecular weight excluding hydrogens is 447 g/mol. The predicted molar refractivity (Wildman–Crippen MR) is 127 cm³/mol. The largest absolute Gasteiger partial charge is 0.489 e. The van der Waals surface area contributed by atoms with Gasteiger partial charge in [-0.3, -0.25) is 9.67 Å². The van der Waals surface area contributed by atoms with Crippen molar-refractivity contribution in [2.24, 2.45) is 0 Å². The zero-order valence-electron chi connectivity index (χ0n) is 17.6. The predicted octanol–water partition coefficient (Wildman–Crippen LogP) is 5.26. The summed E-state index contributed by atoms with van der Waals surface area (Å²) in [5.74, 6) is 1.49. The highest BCUT2D eigenvalue weighted by molar-refractivity contribution is 6.34. The maximum Gasteiger partial charge on any atom is 0.156 e. The number of halogens is 2. The maximum absolute atomic E-state index is 6.27. The molecule has 4 aromatic rings. The first-order valence-corrected chi connectivity index (χ1v) is 11.4. The minimum atomic E-state index is 0.0612. The SMILES string of the molecule is CCn1cc(-c2nc3cnccc3nc2N2CCC(Oc3cc(Cl)ccc3Cl)CC2)cn1. The van der Waals surface area contributed by atoms with E-state index in [4.69, 9.17) is 37.9 Å². The molecule has 1 aliphatic rings. The Hall–Kier alpha value is -2.90. The van der Waals surface area contributed by atoms with Crippen molar-refractivity contribution in [3.63, 3.8) is 0 Å². The van der Waals surface area contributed by atoms with E-state index in [1.54, 1.807) is 30.6 Å². The number of ether oxygens (including phenoxy) is 1. The number of fused-ring (bicyclic) bond motifs is 1. The number of anilines is 1. The van der Waals surface area contributed by atoms with Crippen LogP contribution in [0.25, 0.3) is 22.3 Å². The quantitative estimate of drug-likeness (QED) is 0.397. The van der Waals surface area contributed by atoms with Crippen molar-refractivity contribution >= 4 is 40.1 Å². The van der Waals surface area contributed by atoms with Crippen LogP contribution < -0.4 is 9.64 Å². The van der Waals surface area contributed by atoms with Crippen molar-refractivity contribution in [1.82, 2.24) is 24.7 Å². The Balaban J connectivity index is 1.41. The standard InChI is InChI=1S/C23H22Cl2N6O/c1-2-31-14-15(12-27-31)22-23(29-19-5-8-26-13-20(19)28-22)30-9-6-17(7-10-30)32-21-11-16(24)3-4-18(21)25/h3-5,8,11-14,17H,2,6-7,9-10H2,1H3. The third-order valence-electron chi connectivity index (χ3n) is 5.61. The minimum Gasteiger partial charge on any atom is -0.489 e. The van der Waals surface area contributed by atoms with Crippen molar-refractivity contribution in [2.45, 2.75) is 32.4 Å². The molecule has 9 heteroatoms. The molecule has 0 unspecified atom stereocenters. The third kappa shape index (κ3) is 4.23. The van der Waals surface area contributed by atoms with Crippen LogP contribution in [0.2, 0.25) is 10.0 Å². The van der Waals surface area contributed by atoms with E-state index in [-0.39, 0.29) is 6.10 Å². The van der Waals surface area contributed by atoms with Crippen molar-refractivity contribution in [3.05, 3.63) is 59.1 Å². The Labute approximate surface area is 196 Å². The second-order valence-corrected chi connectivity index (χ2v) is 8.57. The molecule has 1 aliphatic heterocycles. The van der Waals surface area contributed by atoms with Gasteiger partial charge in [0.25, 0.3) is 0 Å². The molecule has 4 heterocycles. The summed E-state index contributed by atoms with van der Waals surface area (Å²) in [6.45, 7) is 4.45. The van der Waals surface area contributed by atoms with Gasteiger partial charge in [0.2, 0.25) is 0 Å². The molecule has 1 aromatic carbocycles. The molecule has 0 spiro atoms. The molecule has 0 radical (unpaired) electrons. The van der Waals surface area contributed by atoms with Crippen LogP contribution in [0.4, 0.5) is 5.82 Å². The summed E-state index contributed by atoms with van der Waals surface area (Å²) in [6, 6.07) is 7.18. The van der Waals surface area contributed by atoms with Gasteiger partial charge in [-0.05, 0) is 25.1 Å². The minimum absolute atomic E-state index is 0.0612. The average molecular weight is 469 g/mol. The van der Waals surface area contributed by atoms with Gasteiger partial charge in [0, 0.05) is 61.5 Å². The highest BCUT2D eigenvalue weighted by Gasteiger charge is 2.26. The van der Waals surface area contributed by atoms with E-state index in [1.807, 2.05) is 23.1 Å². The van der Waals surface area contributed by atoms with E-state index in [0.29, 0.717) is 15.8 Å². The molecular formula is C23H22Cl2N6O. The number of nitrogens with zero attached hydrogens (tertiary/aromatic N) is 6. The molecule has 0 amide bonds. The normalized spacial score (nSPS) is 14.8. The summed E-state index contributed by atoms with van der Waals surface area (Å²) in [4.78, 5) is 16.3. The first-order valence-electron chi connectivity index (χ1n) is 10.6. The van der Waals surface area contributed by atoms with Gasteiger partial charge in [0.15, 0.2) is 5.82 Å². The van der Waals surface area contributed by atoms with Crippen LogP contribution in [0.15, 0.2) is 49.1 Å². The van der Waals surface area contributed by atoms with E-state index in [0.717, 1.165) is 60.6 Å². The second kappa shape index (κ2) is 8.92. The van der Waals surface area contributed by atoms with Crippen LogP contribution >= 0.6 is 23.2 Å². The highest BCUT2D eigenvalue weighted by Crippen LogP contribution is 2.33. The number of piperidine rings is 1. The third-order valence-corrected chi connectivity index (χ3v) is 6.15. The molecule has 0 saturated carbocycles. The summed E-state index contributed by atoms with van der Waals surface area (Å²) in [5.41, 5.74) is 3.36. The Morgan fingerprint density at radius 2 is 1.91 bits per heavy atom. The van der Waals surface area contributed by atoms with Gasteiger partial charge in [0.1, 0.15) is 23.1 Å². The molecule has 1 fully saturated rings. The fraction of sp³-hybridized carbons (Fsp3) is 0.304. The second-order valence-electron chi connectivity index (χ2n) is 7.72. The lowest BCUT2D eigenvalue weighted by Gasteiger charge is -2.33. The van der Waals surface area contributed by atoms with E-state index < -0.39 is 0 Å². The molecule has 0 aliphatic carbocycles. The van der Waals surface area contributed by atoms with Crippen LogP contribution in [-0.4, -0.2) is 43.9 Å². The summed E-state index contributed by atoms with van der Waals surface area (Å²) < 4.78 is 8.05. The van der Waals surface area contributed by atoms with E-state index >= 15 is 0 Å². The van der Waals surface area contributed by atoms with Crippen LogP contribution in [0.3, 0.4) is 0 Å². The summed E-state index contributed by atoms with van der Waals surface area (Å²) in [5, 5.41) is 5.60. The number of hydrogen-bond donors (Lipinski definition) is 0. The van der Waals surface area contributed by atoms with Crippen LogP contribution in [0, 0.1) is 0 Å². The monoisotopic (exact) mass is 468 g/mol. The van der Waals surface area contributed by atoms with Crippen molar-refractivity contribution in [1.29, 1.82) is 0 Å². The first-order chi connectivity index (χ1) is 15.6. The lowest BCUT2D eigenvalue weighted by Crippen LogP contribution is -2.39. The fourth-order valence-electron chi connectivity index (χ4n) is 3.90. The van der Waals surface area contributed by atoms with Gasteiger partial charge in [0.05, 0.1) is 22.9 Å². The van der Waals surface area contributed by atoms with E-state index in [1.165, 1.54) is 0 Å². The Morgan fingerprint density at radius 3 is 2.69 bits per heavy atom. The Kier molecular flexibility index (Phi) is 5.85. The lowest BCUT2D eigenvalue weighted by atomic mass is 10.1. The van der Waals surface area contributed by atoms with Crippen LogP contribution in [0.1, 0.15) is 19.8 Å². The van der Waals surface area contributed by atoms with Crippen molar-refractivity contribution in [3.8, 4) is 17.0 Å². The molecule has 7 nitrogen and oxygen atoms in total. The number of benzene rings is 1. The number of aryl methyl sites for hydroxylation is 1. The Bertz CT molecular complexity index is 1250. The number of hydrogen-bond acceptors (Lipinski definition) is 6. The van der Waals surface area contributed by atoms with Gasteiger partial charge >= 0.3 is 0 Å². The van der Waals surface area contributed by atoms with Gasteiger partial charge < -0.3 is 9.64 Å². The smallest absolute Gasteiger partial charge is 0.156 e. The van der Waals surface area contributed by atoms with Gasteiger partial charge in [-0.15, -0.1) is 0 Å². The highest BCUT2D eigenvalue weighted by atomic mass is 35.5. The van der Waals surface area contributed by atoms with E-state index in [9.17, 15) is 0 Å². The van der Waals surface area contributed by atoms with Gasteiger partial charge in [-0.2, -0.15) is 5.10 Å². The maximum atomic E-state index is 6.27. The molecule has 3 aromatic heterocycles. The van der Waals surface area contributed by atoms with Crippen molar-refractivity contribution < 1.29 is 4.74 Å². The van der Waals surface area contributed by atoms with Crippen molar-refractivity contribution in [2.75, 3.05) is 18.0 Å². The van der Waals surface area contributed by atoms with Gasteiger partial charge in [-0.1, -0.05) is 23.2 Å². The summed E-state index contributed by atoms with van der Waals surface area (Å²) in [7, 11) is 0. The number of aromatic nitrogens is 5. The molecule has 164 valence electrons. The van der Waals surface area contributed by atoms with Crippen LogP contribution in [0.5, 0.6) is 5.75 Å². The fourth-order valence-corrected chi connectivity index (χ4v) is 4.23. The topological polar surface area (TPSA) is 69.0 Å². The molecule has 32 heavy (non-hydrogen) atoms.